The normalized spacial score (nSPS) is 13.9. The van der Waals surface area contributed by atoms with Crippen LogP contribution in [0.5, 0.6) is 5.75 Å². The fourth-order valence-corrected chi connectivity index (χ4v) is 3.01. The van der Waals surface area contributed by atoms with Crippen LogP contribution in [-0.2, 0) is 0 Å². The van der Waals surface area contributed by atoms with Crippen LogP contribution < -0.4 is 10.1 Å². The number of carbonyl (C=O) groups is 1. The number of nitrogens with one attached hydrogen (secondary N) is 1. The van der Waals surface area contributed by atoms with Crippen LogP contribution in [0.1, 0.15) is 11.8 Å². The molecular weight excluding hydrogens is 368 g/mol. The molecule has 1 saturated heterocycles. The molecule has 1 aromatic heterocycles. The molecule has 0 saturated carbocycles. The molecule has 1 fully saturated rings. The number of carbonyl (C=O) groups excluding carboxylic acids is 1. The van der Waals surface area contributed by atoms with Crippen molar-refractivity contribution < 1.29 is 14.1 Å². The summed E-state index contributed by atoms with van der Waals surface area (Å²) in [5.74, 6) is 1.79. The number of halogens is 1. The molecule has 3 aromatic rings. The van der Waals surface area contributed by atoms with Gasteiger partial charge in [0.25, 0.3) is 0 Å². The Balaban J connectivity index is 1.34. The van der Waals surface area contributed by atoms with E-state index in [1.807, 2.05) is 12.1 Å². The van der Waals surface area contributed by atoms with Crippen LogP contribution in [0, 0.1) is 0 Å². The van der Waals surface area contributed by atoms with Gasteiger partial charge in [-0.25, -0.2) is 4.79 Å². The fraction of sp³-hybridized carbons (Fsp3) is 0.211. The maximum atomic E-state index is 12.3. The zero-order valence-electron chi connectivity index (χ0n) is 14.6. The first-order valence-corrected chi connectivity index (χ1v) is 8.79. The molecule has 0 spiro atoms. The van der Waals surface area contributed by atoms with Crippen molar-refractivity contribution >= 4 is 23.3 Å². The van der Waals surface area contributed by atoms with E-state index < -0.39 is 0 Å². The molecule has 2 amide bonds. The molecule has 0 radical (unpaired) electrons. The molecule has 4 rings (SSSR count). The number of nitrogens with zero attached hydrogens (tertiary/aromatic N) is 3. The summed E-state index contributed by atoms with van der Waals surface area (Å²) >= 11 is 6.00. The first kappa shape index (κ1) is 17.4. The Morgan fingerprint density at radius 1 is 1.26 bits per heavy atom. The van der Waals surface area contributed by atoms with E-state index in [0.29, 0.717) is 35.5 Å². The summed E-state index contributed by atoms with van der Waals surface area (Å²) in [4.78, 5) is 18.4. The summed E-state index contributed by atoms with van der Waals surface area (Å²) in [6.07, 6.45) is 0. The number of hydrogen-bond acceptors (Lipinski definition) is 5. The molecule has 0 aliphatic carbocycles. The Labute approximate surface area is 160 Å². The highest BCUT2D eigenvalue weighted by Crippen LogP contribution is 2.29. The van der Waals surface area contributed by atoms with E-state index in [2.05, 4.69) is 15.5 Å². The largest absolute Gasteiger partial charge is 0.497 e. The second-order valence-electron chi connectivity index (χ2n) is 6.23. The Morgan fingerprint density at radius 2 is 2.04 bits per heavy atom. The van der Waals surface area contributed by atoms with E-state index in [9.17, 15) is 4.79 Å². The maximum absolute atomic E-state index is 12.3. The molecule has 1 aliphatic heterocycles. The average molecular weight is 385 g/mol. The van der Waals surface area contributed by atoms with Gasteiger partial charge in [-0.3, -0.25) is 0 Å². The Bertz CT molecular complexity index is 952. The Morgan fingerprint density at radius 3 is 2.74 bits per heavy atom. The van der Waals surface area contributed by atoms with Crippen molar-refractivity contribution in [2.45, 2.75) is 5.92 Å². The van der Waals surface area contributed by atoms with Gasteiger partial charge in [0.05, 0.1) is 13.0 Å². The second kappa shape index (κ2) is 7.28. The first-order valence-electron chi connectivity index (χ1n) is 8.42. The summed E-state index contributed by atoms with van der Waals surface area (Å²) in [7, 11) is 1.60. The molecule has 0 unspecified atom stereocenters. The summed E-state index contributed by atoms with van der Waals surface area (Å²) in [5.41, 5.74) is 1.51. The van der Waals surface area contributed by atoms with Crippen molar-refractivity contribution in [1.82, 2.24) is 15.0 Å². The van der Waals surface area contributed by atoms with Gasteiger partial charge in [0, 0.05) is 29.4 Å². The lowest BCUT2D eigenvalue weighted by molar-refractivity contribution is 0.147. The van der Waals surface area contributed by atoms with Crippen molar-refractivity contribution in [3.8, 4) is 17.1 Å². The zero-order chi connectivity index (χ0) is 18.8. The van der Waals surface area contributed by atoms with Gasteiger partial charge in [-0.15, -0.1) is 0 Å². The van der Waals surface area contributed by atoms with Crippen LogP contribution >= 0.6 is 11.6 Å². The maximum Gasteiger partial charge on any atom is 0.321 e. The lowest BCUT2D eigenvalue weighted by Gasteiger charge is -2.36. The minimum atomic E-state index is -0.161. The molecule has 8 heteroatoms. The quantitative estimate of drug-likeness (QED) is 0.734. The van der Waals surface area contributed by atoms with E-state index in [0.717, 1.165) is 11.3 Å². The van der Waals surface area contributed by atoms with Gasteiger partial charge in [0.1, 0.15) is 5.75 Å². The van der Waals surface area contributed by atoms with E-state index in [4.69, 9.17) is 20.9 Å². The molecule has 7 nitrogen and oxygen atoms in total. The minimum Gasteiger partial charge on any atom is -0.497 e. The molecule has 0 atom stereocenters. The smallest absolute Gasteiger partial charge is 0.321 e. The zero-order valence-corrected chi connectivity index (χ0v) is 15.3. The third-order valence-electron chi connectivity index (χ3n) is 4.38. The highest BCUT2D eigenvalue weighted by atomic mass is 35.5. The third kappa shape index (κ3) is 3.73. The van der Waals surface area contributed by atoms with Gasteiger partial charge in [-0.05, 0) is 36.4 Å². The molecule has 27 heavy (non-hydrogen) atoms. The molecule has 1 aliphatic rings. The predicted octanol–water partition coefficient (Wildman–Crippen LogP) is 4.03. The van der Waals surface area contributed by atoms with Gasteiger partial charge < -0.3 is 19.5 Å². The number of urea groups is 1. The minimum absolute atomic E-state index is 0.0343. The standard InChI is InChI=1S/C19H17ClN4O3/c1-26-16-7-5-15(6-8-16)21-19(25)24-10-13(11-24)18-22-17(23-27-18)12-3-2-4-14(20)9-12/h2-9,13H,10-11H2,1H3,(H,21,25). The number of rotatable bonds is 4. The van der Waals surface area contributed by atoms with Crippen molar-refractivity contribution in [1.29, 1.82) is 0 Å². The molecule has 138 valence electrons. The van der Waals surface area contributed by atoms with E-state index in [1.54, 1.807) is 48.4 Å². The van der Waals surface area contributed by atoms with Gasteiger partial charge in [-0.1, -0.05) is 28.9 Å². The summed E-state index contributed by atoms with van der Waals surface area (Å²) < 4.78 is 10.5. The van der Waals surface area contributed by atoms with E-state index >= 15 is 0 Å². The second-order valence-corrected chi connectivity index (χ2v) is 6.66. The van der Waals surface area contributed by atoms with Crippen LogP contribution in [0.25, 0.3) is 11.4 Å². The van der Waals surface area contributed by atoms with Crippen LogP contribution in [0.2, 0.25) is 5.02 Å². The lowest BCUT2D eigenvalue weighted by atomic mass is 10.0. The van der Waals surface area contributed by atoms with Gasteiger partial charge in [0.2, 0.25) is 11.7 Å². The number of methoxy groups -OCH3 is 1. The van der Waals surface area contributed by atoms with Crippen molar-refractivity contribution in [2.75, 3.05) is 25.5 Å². The topological polar surface area (TPSA) is 80.5 Å². The molecule has 1 N–H and O–H groups in total. The van der Waals surface area contributed by atoms with Crippen molar-refractivity contribution in [3.05, 3.63) is 59.4 Å². The number of anilines is 1. The molecular formula is C19H17ClN4O3. The van der Waals surface area contributed by atoms with Gasteiger partial charge >= 0.3 is 6.03 Å². The number of benzene rings is 2. The Hall–Kier alpha value is -3.06. The van der Waals surface area contributed by atoms with Crippen LogP contribution in [0.3, 0.4) is 0 Å². The number of aromatic nitrogens is 2. The van der Waals surface area contributed by atoms with Gasteiger partial charge in [0.15, 0.2) is 0 Å². The highest BCUT2D eigenvalue weighted by molar-refractivity contribution is 6.30. The van der Waals surface area contributed by atoms with Crippen molar-refractivity contribution in [3.63, 3.8) is 0 Å². The van der Waals surface area contributed by atoms with E-state index in [1.165, 1.54) is 0 Å². The molecule has 0 bridgehead atoms. The number of hydrogen-bond donors (Lipinski definition) is 1. The molecule has 2 heterocycles. The predicted molar refractivity (Wildman–Crippen MR) is 101 cm³/mol. The summed E-state index contributed by atoms with van der Waals surface area (Å²) in [5, 5.41) is 7.48. The average Bonchev–Trinajstić information content (AvgIpc) is 3.11. The Kier molecular flexibility index (Phi) is 4.68. The first-order chi connectivity index (χ1) is 13.1. The molecule has 2 aromatic carbocycles. The number of ether oxygens (including phenoxy) is 1. The van der Waals surface area contributed by atoms with Crippen LogP contribution in [0.15, 0.2) is 53.1 Å². The van der Waals surface area contributed by atoms with Crippen LogP contribution in [-0.4, -0.2) is 41.3 Å². The summed E-state index contributed by atoms with van der Waals surface area (Å²) in [6.45, 7) is 1.05. The summed E-state index contributed by atoms with van der Waals surface area (Å²) in [6, 6.07) is 14.3. The number of likely N-dealkylation sites (tertiary alicyclic amines) is 1. The fourth-order valence-electron chi connectivity index (χ4n) is 2.82. The SMILES string of the molecule is COc1ccc(NC(=O)N2CC(c3nc(-c4cccc(Cl)c4)no3)C2)cc1. The lowest BCUT2D eigenvalue weighted by Crippen LogP contribution is -2.50. The monoisotopic (exact) mass is 384 g/mol. The van der Waals surface area contributed by atoms with Crippen LogP contribution in [0.4, 0.5) is 10.5 Å². The highest BCUT2D eigenvalue weighted by Gasteiger charge is 2.35. The van der Waals surface area contributed by atoms with Gasteiger partial charge in [-0.2, -0.15) is 4.98 Å². The van der Waals surface area contributed by atoms with E-state index in [-0.39, 0.29) is 11.9 Å². The number of amides is 2. The van der Waals surface area contributed by atoms with Crippen molar-refractivity contribution in [2.24, 2.45) is 0 Å². The third-order valence-corrected chi connectivity index (χ3v) is 4.62.